The summed E-state index contributed by atoms with van der Waals surface area (Å²) in [6.07, 6.45) is 7.68. The number of aromatic nitrogens is 2. The van der Waals surface area contributed by atoms with Gasteiger partial charge in [-0.25, -0.2) is 4.98 Å². The van der Waals surface area contributed by atoms with Crippen molar-refractivity contribution in [1.29, 1.82) is 0 Å². The molecule has 0 saturated heterocycles. The average molecular weight is 210 g/mol. The van der Waals surface area contributed by atoms with Crippen molar-refractivity contribution < 1.29 is 0 Å². The van der Waals surface area contributed by atoms with E-state index in [1.807, 2.05) is 48.0 Å². The lowest BCUT2D eigenvalue weighted by Crippen LogP contribution is -1.86. The topological polar surface area (TPSA) is 17.8 Å². The van der Waals surface area contributed by atoms with Gasteiger partial charge in [-0.15, -0.1) is 0 Å². The number of nitrogens with zero attached hydrogens (tertiary/aromatic N) is 2. The van der Waals surface area contributed by atoms with Crippen LogP contribution in [-0.2, 0) is 0 Å². The van der Waals surface area contributed by atoms with Gasteiger partial charge in [-0.05, 0) is 13.0 Å². The monoisotopic (exact) mass is 210 g/mol. The molecule has 0 atom stereocenters. The van der Waals surface area contributed by atoms with Gasteiger partial charge in [-0.1, -0.05) is 43.0 Å². The van der Waals surface area contributed by atoms with Gasteiger partial charge in [0.15, 0.2) is 0 Å². The summed E-state index contributed by atoms with van der Waals surface area (Å²) in [5.74, 6) is 0.899. The first-order valence-electron chi connectivity index (χ1n) is 5.24. The fraction of sp³-hybridized carbons (Fsp3) is 0.0714. The van der Waals surface area contributed by atoms with Crippen LogP contribution in [0.4, 0.5) is 0 Å². The molecule has 2 heteroatoms. The number of hydrogen-bond donors (Lipinski definition) is 0. The second kappa shape index (κ2) is 4.62. The summed E-state index contributed by atoms with van der Waals surface area (Å²) in [5, 5.41) is 0. The minimum Gasteiger partial charge on any atom is -0.307 e. The van der Waals surface area contributed by atoms with E-state index < -0.39 is 0 Å². The molecule has 0 amide bonds. The van der Waals surface area contributed by atoms with E-state index in [0.717, 1.165) is 17.1 Å². The van der Waals surface area contributed by atoms with Crippen LogP contribution in [-0.4, -0.2) is 9.55 Å². The first-order chi connectivity index (χ1) is 7.85. The molecule has 0 aliphatic heterocycles. The van der Waals surface area contributed by atoms with Crippen LogP contribution in [0.5, 0.6) is 0 Å². The molecule has 2 nitrogen and oxygen atoms in total. The maximum atomic E-state index is 4.55. The van der Waals surface area contributed by atoms with Gasteiger partial charge >= 0.3 is 0 Å². The zero-order chi connectivity index (χ0) is 11.4. The number of benzene rings is 1. The van der Waals surface area contributed by atoms with Crippen LogP contribution in [0.2, 0.25) is 0 Å². The third-order valence-electron chi connectivity index (χ3n) is 2.34. The first kappa shape index (κ1) is 10.4. The van der Waals surface area contributed by atoms with Crippen molar-refractivity contribution in [3.8, 4) is 11.3 Å². The number of imidazole rings is 1. The summed E-state index contributed by atoms with van der Waals surface area (Å²) in [6, 6.07) is 10.1. The van der Waals surface area contributed by atoms with Gasteiger partial charge in [0.25, 0.3) is 0 Å². The zero-order valence-corrected chi connectivity index (χ0v) is 9.30. The van der Waals surface area contributed by atoms with E-state index in [1.165, 1.54) is 0 Å². The second-order valence-electron chi connectivity index (χ2n) is 3.44. The second-order valence-corrected chi connectivity index (χ2v) is 3.44. The van der Waals surface area contributed by atoms with Crippen LogP contribution < -0.4 is 0 Å². The highest BCUT2D eigenvalue weighted by Gasteiger charge is 2.04. The maximum absolute atomic E-state index is 4.55. The van der Waals surface area contributed by atoms with Crippen molar-refractivity contribution in [2.24, 2.45) is 0 Å². The Balaban J connectivity index is 2.48. The van der Waals surface area contributed by atoms with Crippen molar-refractivity contribution in [1.82, 2.24) is 9.55 Å². The third-order valence-corrected chi connectivity index (χ3v) is 2.34. The summed E-state index contributed by atoms with van der Waals surface area (Å²) in [5.41, 5.74) is 2.09. The number of rotatable bonds is 3. The summed E-state index contributed by atoms with van der Waals surface area (Å²) in [7, 11) is 0. The Bertz CT molecular complexity index is 507. The summed E-state index contributed by atoms with van der Waals surface area (Å²) < 4.78 is 1.92. The number of hydrogen-bond acceptors (Lipinski definition) is 1. The molecule has 1 heterocycles. The molecule has 1 aromatic carbocycles. The van der Waals surface area contributed by atoms with Crippen LogP contribution in [0.3, 0.4) is 0 Å². The molecule has 0 radical (unpaired) electrons. The van der Waals surface area contributed by atoms with Gasteiger partial charge in [0.2, 0.25) is 0 Å². The van der Waals surface area contributed by atoms with Gasteiger partial charge in [0.05, 0.1) is 5.69 Å². The van der Waals surface area contributed by atoms with Crippen molar-refractivity contribution in [3.05, 3.63) is 55.0 Å². The van der Waals surface area contributed by atoms with Crippen LogP contribution >= 0.6 is 0 Å². The van der Waals surface area contributed by atoms with Gasteiger partial charge in [-0.2, -0.15) is 0 Å². The molecule has 0 N–H and O–H groups in total. The molecule has 0 fully saturated rings. The molecular formula is C14H14N2. The molecule has 0 spiro atoms. The minimum atomic E-state index is 0.899. The van der Waals surface area contributed by atoms with Gasteiger partial charge in [0, 0.05) is 18.0 Å². The smallest absolute Gasteiger partial charge is 0.137 e. The lowest BCUT2D eigenvalue weighted by atomic mass is 10.2. The fourth-order valence-electron chi connectivity index (χ4n) is 1.57. The quantitative estimate of drug-likeness (QED) is 0.755. The Hall–Kier alpha value is -2.09. The van der Waals surface area contributed by atoms with Crippen molar-refractivity contribution >= 4 is 12.3 Å². The molecular weight excluding hydrogens is 196 g/mol. The maximum Gasteiger partial charge on any atom is 0.137 e. The highest BCUT2D eigenvalue weighted by atomic mass is 15.0. The molecule has 2 rings (SSSR count). The molecule has 0 aliphatic carbocycles. The fourth-order valence-corrected chi connectivity index (χ4v) is 1.57. The van der Waals surface area contributed by atoms with Crippen LogP contribution in [0.25, 0.3) is 23.5 Å². The minimum absolute atomic E-state index is 0.899. The molecule has 0 aliphatic rings. The highest BCUT2D eigenvalue weighted by molar-refractivity contribution is 5.61. The Morgan fingerprint density at radius 3 is 2.62 bits per heavy atom. The molecule has 80 valence electrons. The lowest BCUT2D eigenvalue weighted by molar-refractivity contribution is 1.11. The standard InChI is InChI=1S/C14H14N2/c1-3-8-14-15-13(11-16(14)4-2)12-9-6-5-7-10-12/h3-11H,2H2,1H3/b8-3-. The molecule has 2 aromatic rings. The molecule has 0 saturated carbocycles. The Labute approximate surface area is 95.6 Å². The largest absolute Gasteiger partial charge is 0.307 e. The van der Waals surface area contributed by atoms with Crippen molar-refractivity contribution in [3.63, 3.8) is 0 Å². The highest BCUT2D eigenvalue weighted by Crippen LogP contribution is 2.18. The Morgan fingerprint density at radius 2 is 2.00 bits per heavy atom. The molecule has 0 bridgehead atoms. The zero-order valence-electron chi connectivity index (χ0n) is 9.30. The normalized spacial score (nSPS) is 10.8. The van der Waals surface area contributed by atoms with Gasteiger partial charge in [0.1, 0.15) is 5.82 Å². The van der Waals surface area contributed by atoms with E-state index in [4.69, 9.17) is 0 Å². The molecule has 0 unspecified atom stereocenters. The molecule has 16 heavy (non-hydrogen) atoms. The van der Waals surface area contributed by atoms with E-state index in [2.05, 4.69) is 23.7 Å². The summed E-state index contributed by atoms with van der Waals surface area (Å²) in [4.78, 5) is 4.55. The average Bonchev–Trinajstić information content (AvgIpc) is 2.74. The van der Waals surface area contributed by atoms with E-state index in [-0.39, 0.29) is 0 Å². The SMILES string of the molecule is C=Cn1cc(-c2ccccc2)nc1/C=C\C. The van der Waals surface area contributed by atoms with Crippen LogP contribution in [0.1, 0.15) is 12.7 Å². The lowest BCUT2D eigenvalue weighted by Gasteiger charge is -1.93. The predicted molar refractivity (Wildman–Crippen MR) is 68.8 cm³/mol. The summed E-state index contributed by atoms with van der Waals surface area (Å²) in [6.45, 7) is 5.75. The third kappa shape index (κ3) is 1.96. The van der Waals surface area contributed by atoms with E-state index in [1.54, 1.807) is 6.20 Å². The molecule has 1 aromatic heterocycles. The van der Waals surface area contributed by atoms with E-state index in [9.17, 15) is 0 Å². The summed E-state index contributed by atoms with van der Waals surface area (Å²) >= 11 is 0. The predicted octanol–water partition coefficient (Wildman–Crippen LogP) is 3.68. The first-order valence-corrected chi connectivity index (χ1v) is 5.24. The van der Waals surface area contributed by atoms with E-state index >= 15 is 0 Å². The van der Waals surface area contributed by atoms with Crippen molar-refractivity contribution in [2.45, 2.75) is 6.92 Å². The van der Waals surface area contributed by atoms with Crippen LogP contribution in [0.15, 0.2) is 49.2 Å². The van der Waals surface area contributed by atoms with Gasteiger partial charge < -0.3 is 4.57 Å². The van der Waals surface area contributed by atoms with E-state index in [0.29, 0.717) is 0 Å². The van der Waals surface area contributed by atoms with Gasteiger partial charge in [-0.3, -0.25) is 0 Å². The van der Waals surface area contributed by atoms with Crippen molar-refractivity contribution in [2.75, 3.05) is 0 Å². The number of allylic oxidation sites excluding steroid dienone is 1. The van der Waals surface area contributed by atoms with Crippen LogP contribution in [0, 0.1) is 0 Å². The Kier molecular flexibility index (Phi) is 3.01. The Morgan fingerprint density at radius 1 is 1.25 bits per heavy atom.